The molecule has 0 bridgehead atoms. The number of carbonyl (C=O) groups excluding carboxylic acids is 2. The quantitative estimate of drug-likeness (QED) is 0.620. The highest BCUT2D eigenvalue weighted by Crippen LogP contribution is 2.33. The van der Waals surface area contributed by atoms with E-state index in [1.165, 1.54) is 36.2 Å². The van der Waals surface area contributed by atoms with Gasteiger partial charge in [-0.25, -0.2) is 0 Å². The SMILES string of the molecule is CNC(=O)[C@@H]1CN(CC(=O)N(C)c2ccc([N+](=O)[O-])cc2)c2ccccc2O1. The highest BCUT2D eigenvalue weighted by atomic mass is 16.6. The van der Waals surface area contributed by atoms with E-state index in [1.54, 1.807) is 24.1 Å². The molecule has 146 valence electrons. The van der Waals surface area contributed by atoms with Crippen LogP contribution in [0.4, 0.5) is 17.1 Å². The topological polar surface area (TPSA) is 105 Å². The molecule has 2 aromatic rings. The number of anilines is 2. The lowest BCUT2D eigenvalue weighted by Gasteiger charge is -2.35. The van der Waals surface area contributed by atoms with Crippen molar-refractivity contribution < 1.29 is 19.2 Å². The highest BCUT2D eigenvalue weighted by molar-refractivity contribution is 5.96. The zero-order valence-corrected chi connectivity index (χ0v) is 15.5. The Bertz CT molecular complexity index is 899. The summed E-state index contributed by atoms with van der Waals surface area (Å²) in [5.74, 6) is 0.0463. The predicted octanol–water partition coefficient (Wildman–Crippen LogP) is 1.57. The molecule has 2 amide bonds. The molecule has 0 spiro atoms. The van der Waals surface area contributed by atoms with Crippen LogP contribution < -0.4 is 19.9 Å². The van der Waals surface area contributed by atoms with Gasteiger partial charge in [0.25, 0.3) is 11.6 Å². The summed E-state index contributed by atoms with van der Waals surface area (Å²) in [6.45, 7) is 0.262. The van der Waals surface area contributed by atoms with E-state index in [0.29, 0.717) is 11.4 Å². The number of para-hydroxylation sites is 2. The lowest BCUT2D eigenvalue weighted by atomic mass is 10.1. The van der Waals surface area contributed by atoms with Gasteiger partial charge in [0.15, 0.2) is 6.10 Å². The number of ether oxygens (including phenoxy) is 1. The number of rotatable bonds is 5. The maximum atomic E-state index is 12.8. The number of benzene rings is 2. The standard InChI is InChI=1S/C19H20N4O5/c1-20-19(25)17-11-22(15-5-3-4-6-16(15)28-17)12-18(24)21(2)13-7-9-14(10-8-13)23(26)27/h3-10,17H,11-12H2,1-2H3,(H,20,25)/t17-/m0/s1. The summed E-state index contributed by atoms with van der Waals surface area (Å²) < 4.78 is 5.73. The van der Waals surface area contributed by atoms with E-state index < -0.39 is 11.0 Å². The van der Waals surface area contributed by atoms with Crippen LogP contribution in [-0.4, -0.2) is 50.0 Å². The molecule has 0 aromatic heterocycles. The Balaban J connectivity index is 1.78. The molecule has 0 saturated carbocycles. The third-order valence-corrected chi connectivity index (χ3v) is 4.55. The molecule has 0 saturated heterocycles. The van der Waals surface area contributed by atoms with Gasteiger partial charge >= 0.3 is 0 Å². The van der Waals surface area contributed by atoms with E-state index in [-0.39, 0.29) is 30.6 Å². The van der Waals surface area contributed by atoms with Crippen LogP contribution in [0.25, 0.3) is 0 Å². The molecular formula is C19H20N4O5. The van der Waals surface area contributed by atoms with Crippen LogP contribution in [0.5, 0.6) is 5.75 Å². The minimum atomic E-state index is -0.725. The van der Waals surface area contributed by atoms with Gasteiger partial charge in [0.05, 0.1) is 23.7 Å². The average molecular weight is 384 g/mol. The summed E-state index contributed by atoms with van der Waals surface area (Å²) in [7, 11) is 3.14. The lowest BCUT2D eigenvalue weighted by molar-refractivity contribution is -0.384. The summed E-state index contributed by atoms with van der Waals surface area (Å²) in [5, 5.41) is 13.3. The number of fused-ring (bicyclic) bond motifs is 1. The summed E-state index contributed by atoms with van der Waals surface area (Å²) in [6, 6.07) is 13.0. The molecule has 0 radical (unpaired) electrons. The van der Waals surface area contributed by atoms with Crippen LogP contribution in [-0.2, 0) is 9.59 Å². The monoisotopic (exact) mass is 384 g/mol. The minimum absolute atomic E-state index is 0.0291. The van der Waals surface area contributed by atoms with Crippen molar-refractivity contribution in [3.63, 3.8) is 0 Å². The molecule has 1 N–H and O–H groups in total. The summed E-state index contributed by atoms with van der Waals surface area (Å²) >= 11 is 0. The molecule has 1 atom stereocenters. The molecule has 1 heterocycles. The summed E-state index contributed by atoms with van der Waals surface area (Å²) in [4.78, 5) is 38.3. The average Bonchev–Trinajstić information content (AvgIpc) is 2.72. The van der Waals surface area contributed by atoms with Crippen molar-refractivity contribution in [1.82, 2.24) is 5.32 Å². The van der Waals surface area contributed by atoms with Crippen molar-refractivity contribution in [1.29, 1.82) is 0 Å². The molecule has 0 unspecified atom stereocenters. The van der Waals surface area contributed by atoms with Crippen LogP contribution in [0.2, 0.25) is 0 Å². The number of non-ortho nitro benzene ring substituents is 1. The molecule has 3 rings (SSSR count). The normalized spacial score (nSPS) is 15.2. The molecule has 9 heteroatoms. The number of nitrogens with zero attached hydrogens (tertiary/aromatic N) is 3. The number of hydrogen-bond acceptors (Lipinski definition) is 6. The van der Waals surface area contributed by atoms with Crippen molar-refractivity contribution in [2.45, 2.75) is 6.10 Å². The molecule has 9 nitrogen and oxygen atoms in total. The van der Waals surface area contributed by atoms with E-state index in [2.05, 4.69) is 5.32 Å². The Morgan fingerprint density at radius 2 is 1.93 bits per heavy atom. The van der Waals surface area contributed by atoms with Gasteiger partial charge in [-0.05, 0) is 24.3 Å². The Labute approximate surface area is 161 Å². The fraction of sp³-hybridized carbons (Fsp3) is 0.263. The van der Waals surface area contributed by atoms with Crippen LogP contribution in [0.1, 0.15) is 0 Å². The summed E-state index contributed by atoms with van der Waals surface area (Å²) in [6.07, 6.45) is -0.725. The van der Waals surface area contributed by atoms with Gasteiger partial charge in [-0.2, -0.15) is 0 Å². The van der Waals surface area contributed by atoms with E-state index in [4.69, 9.17) is 4.74 Å². The van der Waals surface area contributed by atoms with Crippen LogP contribution in [0, 0.1) is 10.1 Å². The minimum Gasteiger partial charge on any atom is -0.477 e. The van der Waals surface area contributed by atoms with E-state index >= 15 is 0 Å². The van der Waals surface area contributed by atoms with Gasteiger partial charge in [0, 0.05) is 31.9 Å². The highest BCUT2D eigenvalue weighted by Gasteiger charge is 2.31. The van der Waals surface area contributed by atoms with Gasteiger partial charge < -0.3 is 19.9 Å². The first-order valence-electron chi connectivity index (χ1n) is 8.64. The Morgan fingerprint density at radius 1 is 1.25 bits per heavy atom. The van der Waals surface area contributed by atoms with Crippen molar-refractivity contribution in [3.05, 3.63) is 58.6 Å². The maximum Gasteiger partial charge on any atom is 0.269 e. The Morgan fingerprint density at radius 3 is 2.57 bits per heavy atom. The molecular weight excluding hydrogens is 364 g/mol. The maximum absolute atomic E-state index is 12.8. The zero-order chi connectivity index (χ0) is 20.3. The number of likely N-dealkylation sites (N-methyl/N-ethyl adjacent to an activating group) is 2. The van der Waals surface area contributed by atoms with Crippen LogP contribution in [0.15, 0.2) is 48.5 Å². The van der Waals surface area contributed by atoms with Crippen LogP contribution in [0.3, 0.4) is 0 Å². The smallest absolute Gasteiger partial charge is 0.269 e. The van der Waals surface area contributed by atoms with Gasteiger partial charge in [0.2, 0.25) is 5.91 Å². The lowest BCUT2D eigenvalue weighted by Crippen LogP contribution is -2.50. The van der Waals surface area contributed by atoms with Crippen molar-refractivity contribution in [2.75, 3.05) is 37.0 Å². The molecule has 0 aliphatic carbocycles. The number of hydrogen-bond donors (Lipinski definition) is 1. The molecule has 1 aliphatic rings. The van der Waals surface area contributed by atoms with Crippen molar-refractivity contribution >= 4 is 28.9 Å². The number of carbonyl (C=O) groups is 2. The largest absolute Gasteiger partial charge is 0.477 e. The Hall–Kier alpha value is -3.62. The third kappa shape index (κ3) is 3.88. The number of nitro benzene ring substituents is 1. The second kappa shape index (κ2) is 7.95. The van der Waals surface area contributed by atoms with E-state index in [1.807, 2.05) is 12.1 Å². The first kappa shape index (κ1) is 19.2. The number of nitrogens with one attached hydrogen (secondary N) is 1. The predicted molar refractivity (Wildman–Crippen MR) is 104 cm³/mol. The van der Waals surface area contributed by atoms with Gasteiger partial charge in [-0.1, -0.05) is 12.1 Å². The zero-order valence-electron chi connectivity index (χ0n) is 15.5. The second-order valence-corrected chi connectivity index (χ2v) is 6.30. The van der Waals surface area contributed by atoms with Crippen LogP contribution >= 0.6 is 0 Å². The van der Waals surface area contributed by atoms with Gasteiger partial charge in [0.1, 0.15) is 5.75 Å². The van der Waals surface area contributed by atoms with E-state index in [0.717, 1.165) is 5.69 Å². The van der Waals surface area contributed by atoms with Gasteiger partial charge in [-0.15, -0.1) is 0 Å². The van der Waals surface area contributed by atoms with Gasteiger partial charge in [-0.3, -0.25) is 19.7 Å². The van der Waals surface area contributed by atoms with E-state index in [9.17, 15) is 19.7 Å². The first-order valence-corrected chi connectivity index (χ1v) is 8.64. The fourth-order valence-corrected chi connectivity index (χ4v) is 2.97. The van der Waals surface area contributed by atoms with Crippen molar-refractivity contribution in [2.24, 2.45) is 0 Å². The number of amides is 2. The molecule has 1 aliphatic heterocycles. The molecule has 28 heavy (non-hydrogen) atoms. The van der Waals surface area contributed by atoms with Crippen molar-refractivity contribution in [3.8, 4) is 5.75 Å². The molecule has 2 aromatic carbocycles. The molecule has 0 fully saturated rings. The summed E-state index contributed by atoms with van der Waals surface area (Å²) in [5.41, 5.74) is 1.23. The first-order chi connectivity index (χ1) is 13.4. The Kier molecular flexibility index (Phi) is 5.44. The number of nitro groups is 1. The fourth-order valence-electron chi connectivity index (χ4n) is 2.97. The second-order valence-electron chi connectivity index (χ2n) is 6.30. The third-order valence-electron chi connectivity index (χ3n) is 4.55.